The Balaban J connectivity index is 1.23. The van der Waals surface area contributed by atoms with Crippen LogP contribution in [0.4, 0.5) is 13.2 Å². The summed E-state index contributed by atoms with van der Waals surface area (Å²) in [6.07, 6.45) is 4.18. The molecule has 0 amide bonds. The molecule has 6 atom stereocenters. The molecule has 238 valence electrons. The van der Waals surface area contributed by atoms with Gasteiger partial charge in [0.15, 0.2) is 5.41 Å². The van der Waals surface area contributed by atoms with Crippen molar-refractivity contribution in [2.24, 2.45) is 45.8 Å². The Morgan fingerprint density at radius 1 is 0.905 bits per heavy atom. The van der Waals surface area contributed by atoms with Crippen molar-refractivity contribution in [3.8, 4) is 0 Å². The second-order valence-electron chi connectivity index (χ2n) is 16.8. The molecule has 6 aliphatic carbocycles. The smallest absolute Gasteiger partial charge is 0.405 e. The van der Waals surface area contributed by atoms with Gasteiger partial charge in [0.2, 0.25) is 0 Å². The summed E-state index contributed by atoms with van der Waals surface area (Å²) in [6, 6.07) is 0. The molecule has 8 aliphatic rings. The van der Waals surface area contributed by atoms with E-state index in [9.17, 15) is 9.59 Å². The Labute approximate surface area is 249 Å². The zero-order valence-electron chi connectivity index (χ0n) is 26.4. The lowest BCUT2D eigenvalue weighted by molar-refractivity contribution is -0.281. The molecular weight excluding hydrogens is 545 g/mol. The van der Waals surface area contributed by atoms with E-state index in [0.717, 1.165) is 38.5 Å². The lowest BCUT2D eigenvalue weighted by Gasteiger charge is -2.62. The van der Waals surface area contributed by atoms with E-state index < -0.39 is 46.7 Å². The monoisotopic (exact) mass is 596 g/mol. The highest BCUT2D eigenvalue weighted by atomic mass is 19.4. The molecule has 2 heterocycles. The van der Waals surface area contributed by atoms with Gasteiger partial charge in [-0.15, -0.1) is 0 Å². The first-order valence-electron chi connectivity index (χ1n) is 16.6. The molecule has 0 aromatic rings. The van der Waals surface area contributed by atoms with Gasteiger partial charge >= 0.3 is 18.1 Å². The van der Waals surface area contributed by atoms with Gasteiger partial charge in [0, 0.05) is 11.8 Å². The van der Waals surface area contributed by atoms with E-state index in [-0.39, 0.29) is 29.8 Å². The quantitative estimate of drug-likeness (QED) is 0.251. The molecule has 8 bridgehead atoms. The van der Waals surface area contributed by atoms with Crippen LogP contribution in [0.15, 0.2) is 0 Å². The summed E-state index contributed by atoms with van der Waals surface area (Å²) in [5, 5.41) is 0. The maximum atomic E-state index is 15.3. The van der Waals surface area contributed by atoms with E-state index >= 15 is 13.2 Å². The summed E-state index contributed by atoms with van der Waals surface area (Å²) >= 11 is 0. The number of alkyl halides is 3. The van der Waals surface area contributed by atoms with Gasteiger partial charge in [0.05, 0.1) is 17.6 Å². The second kappa shape index (κ2) is 9.84. The van der Waals surface area contributed by atoms with Gasteiger partial charge in [0.25, 0.3) is 0 Å². The molecule has 2 saturated heterocycles. The number of halogens is 3. The Hall–Kier alpha value is -1.31. The maximum absolute atomic E-state index is 15.3. The van der Waals surface area contributed by atoms with E-state index in [1.165, 1.54) is 26.2 Å². The van der Waals surface area contributed by atoms with Gasteiger partial charge in [-0.25, -0.2) is 0 Å². The number of rotatable bonds is 9. The Morgan fingerprint density at radius 3 is 2.02 bits per heavy atom. The van der Waals surface area contributed by atoms with Crippen LogP contribution >= 0.6 is 0 Å². The third kappa shape index (κ3) is 4.74. The van der Waals surface area contributed by atoms with Crippen LogP contribution in [0.3, 0.4) is 0 Å². The van der Waals surface area contributed by atoms with Crippen LogP contribution in [0.1, 0.15) is 125 Å². The summed E-state index contributed by atoms with van der Waals surface area (Å²) in [6.45, 7) is 10.1. The van der Waals surface area contributed by atoms with Crippen molar-refractivity contribution in [3.63, 3.8) is 0 Å². The molecule has 5 nitrogen and oxygen atoms in total. The molecule has 6 unspecified atom stereocenters. The molecule has 8 rings (SSSR count). The van der Waals surface area contributed by atoms with Crippen molar-refractivity contribution in [2.75, 3.05) is 0 Å². The van der Waals surface area contributed by atoms with Crippen molar-refractivity contribution < 1.29 is 37.0 Å². The highest BCUT2D eigenvalue weighted by Crippen LogP contribution is 2.65. The summed E-state index contributed by atoms with van der Waals surface area (Å²) in [4.78, 5) is 26.7. The number of esters is 2. The predicted octanol–water partition coefficient (Wildman–Crippen LogP) is 8.18. The van der Waals surface area contributed by atoms with Gasteiger partial charge in [-0.05, 0) is 127 Å². The van der Waals surface area contributed by atoms with Gasteiger partial charge in [0.1, 0.15) is 11.7 Å². The van der Waals surface area contributed by atoms with Crippen LogP contribution in [0.25, 0.3) is 0 Å². The number of ether oxygens (including phenoxy) is 3. The average molecular weight is 597 g/mol. The standard InChI is InChI=1S/C34H51F3O5/c1-7-33(34(35,36)37,28(39)42-30(5,6)31-14-21-8-22(15-31)10-23(9-21)16-31)29(3,4)13-20(2)41-32-17-24-11-25(18-32)27(38)40-26(12-24)19-32/h20-26H,7-19H2,1-6H3. The molecule has 8 fully saturated rings. The number of fused-ring (bicyclic) bond motifs is 1. The number of hydrogen-bond acceptors (Lipinski definition) is 5. The normalized spacial score (nSPS) is 41.3. The van der Waals surface area contributed by atoms with Gasteiger partial charge < -0.3 is 14.2 Å². The lowest BCUT2D eigenvalue weighted by atomic mass is 9.45. The van der Waals surface area contributed by atoms with Gasteiger partial charge in [-0.1, -0.05) is 20.8 Å². The molecular formula is C34H51F3O5. The third-order valence-electron chi connectivity index (χ3n) is 13.1. The van der Waals surface area contributed by atoms with Crippen molar-refractivity contribution in [1.29, 1.82) is 0 Å². The lowest BCUT2D eigenvalue weighted by Crippen LogP contribution is -2.61. The Morgan fingerprint density at radius 2 is 1.48 bits per heavy atom. The zero-order valence-corrected chi connectivity index (χ0v) is 26.4. The van der Waals surface area contributed by atoms with Crippen LogP contribution in [0.2, 0.25) is 0 Å². The minimum absolute atomic E-state index is 0.0454. The van der Waals surface area contributed by atoms with Gasteiger partial charge in [-0.3, -0.25) is 9.59 Å². The summed E-state index contributed by atoms with van der Waals surface area (Å²) in [7, 11) is 0. The fourth-order valence-electron chi connectivity index (χ4n) is 11.8. The van der Waals surface area contributed by atoms with E-state index in [1.54, 1.807) is 13.8 Å². The van der Waals surface area contributed by atoms with Crippen molar-refractivity contribution in [2.45, 2.75) is 155 Å². The predicted molar refractivity (Wildman–Crippen MR) is 151 cm³/mol. The molecule has 6 saturated carbocycles. The minimum atomic E-state index is -4.79. The molecule has 42 heavy (non-hydrogen) atoms. The molecule has 2 aliphatic heterocycles. The highest BCUT2D eigenvalue weighted by Gasteiger charge is 2.70. The van der Waals surface area contributed by atoms with Gasteiger partial charge in [-0.2, -0.15) is 13.2 Å². The fourth-order valence-corrected chi connectivity index (χ4v) is 11.8. The number of carbonyl (C=O) groups is 2. The summed E-state index contributed by atoms with van der Waals surface area (Å²) in [5.41, 5.74) is -5.95. The summed E-state index contributed by atoms with van der Waals surface area (Å²) < 4.78 is 64.5. The van der Waals surface area contributed by atoms with E-state index in [4.69, 9.17) is 14.2 Å². The largest absolute Gasteiger partial charge is 0.462 e. The first kappa shape index (κ1) is 30.7. The van der Waals surface area contributed by atoms with Crippen LogP contribution in [-0.4, -0.2) is 41.5 Å². The SMILES string of the molecule is CCC(C(=O)OC(C)(C)C12CC3CC(CC(C3)C1)C2)(C(F)(F)F)C(C)(C)CC(C)OC12CC3CC(C1)OC(=O)C(C3)C2. The van der Waals surface area contributed by atoms with Crippen LogP contribution < -0.4 is 0 Å². The Bertz CT molecular complexity index is 1060. The fraction of sp³-hybridized carbons (Fsp3) is 0.941. The molecule has 0 N–H and O–H groups in total. The van der Waals surface area contributed by atoms with E-state index in [2.05, 4.69) is 0 Å². The van der Waals surface area contributed by atoms with Crippen LogP contribution in [0.5, 0.6) is 0 Å². The van der Waals surface area contributed by atoms with Crippen LogP contribution in [0, 0.1) is 45.8 Å². The summed E-state index contributed by atoms with van der Waals surface area (Å²) in [5.74, 6) is 0.613. The average Bonchev–Trinajstić information content (AvgIpc) is 2.96. The number of carbonyl (C=O) groups excluding carboxylic acids is 2. The van der Waals surface area contributed by atoms with E-state index in [1.807, 2.05) is 20.8 Å². The van der Waals surface area contributed by atoms with Crippen molar-refractivity contribution in [3.05, 3.63) is 0 Å². The first-order chi connectivity index (χ1) is 19.4. The topological polar surface area (TPSA) is 61.8 Å². The first-order valence-corrected chi connectivity index (χ1v) is 16.6. The third-order valence-corrected chi connectivity index (χ3v) is 13.1. The van der Waals surface area contributed by atoms with Crippen molar-refractivity contribution >= 4 is 11.9 Å². The molecule has 0 spiro atoms. The molecule has 0 aromatic heterocycles. The second-order valence-corrected chi connectivity index (χ2v) is 16.8. The molecule has 8 heteroatoms. The highest BCUT2D eigenvalue weighted by molar-refractivity contribution is 5.79. The number of hydrogen-bond donors (Lipinski definition) is 0. The van der Waals surface area contributed by atoms with Crippen molar-refractivity contribution in [1.82, 2.24) is 0 Å². The minimum Gasteiger partial charge on any atom is -0.462 e. The van der Waals surface area contributed by atoms with E-state index in [0.29, 0.717) is 36.5 Å². The maximum Gasteiger partial charge on any atom is 0.405 e. The zero-order chi connectivity index (χ0) is 30.5. The molecule has 0 aromatic carbocycles. The van der Waals surface area contributed by atoms with Crippen LogP contribution in [-0.2, 0) is 23.8 Å². The molecule has 0 radical (unpaired) electrons. The Kier molecular flexibility index (Phi) is 7.20.